The molecule has 0 aliphatic heterocycles. The first kappa shape index (κ1) is 18.4. The van der Waals surface area contributed by atoms with Gasteiger partial charge in [-0.25, -0.2) is 13.1 Å². The van der Waals surface area contributed by atoms with Crippen molar-refractivity contribution in [2.45, 2.75) is 18.0 Å². The number of nitrogens with one attached hydrogen (secondary N) is 1. The molecule has 0 fully saturated rings. The van der Waals surface area contributed by atoms with Crippen LogP contribution in [0.15, 0.2) is 47.4 Å². The van der Waals surface area contributed by atoms with Crippen LogP contribution >= 0.6 is 0 Å². The maximum Gasteiger partial charge on any atom is 0.296 e. The van der Waals surface area contributed by atoms with Gasteiger partial charge in [0.1, 0.15) is 0 Å². The number of hydrogen-bond acceptors (Lipinski definition) is 7. The largest absolute Gasteiger partial charge is 0.392 e. The van der Waals surface area contributed by atoms with E-state index in [2.05, 4.69) is 4.72 Å². The fourth-order valence-corrected chi connectivity index (χ4v) is 3.18. The molecule has 0 saturated carbocycles. The zero-order valence-corrected chi connectivity index (χ0v) is 13.5. The summed E-state index contributed by atoms with van der Waals surface area (Å²) >= 11 is 0. The van der Waals surface area contributed by atoms with Gasteiger partial charge in [-0.1, -0.05) is 24.3 Å². The minimum atomic E-state index is -4.26. The van der Waals surface area contributed by atoms with Crippen molar-refractivity contribution in [1.29, 1.82) is 0 Å². The van der Waals surface area contributed by atoms with Crippen molar-refractivity contribution in [2.24, 2.45) is 0 Å². The van der Waals surface area contributed by atoms with E-state index in [1.165, 1.54) is 0 Å². The number of benzene rings is 2. The van der Waals surface area contributed by atoms with Crippen LogP contribution in [0.4, 0.5) is 11.4 Å². The highest BCUT2D eigenvalue weighted by Gasteiger charge is 2.28. The van der Waals surface area contributed by atoms with Crippen LogP contribution < -0.4 is 4.72 Å². The summed E-state index contributed by atoms with van der Waals surface area (Å²) < 4.78 is 26.8. The van der Waals surface area contributed by atoms with Gasteiger partial charge in [0.2, 0.25) is 10.0 Å². The molecule has 11 heteroatoms. The van der Waals surface area contributed by atoms with Crippen molar-refractivity contribution in [3.63, 3.8) is 0 Å². The van der Waals surface area contributed by atoms with E-state index in [1.54, 1.807) is 24.3 Å². The van der Waals surface area contributed by atoms with Gasteiger partial charge >= 0.3 is 0 Å². The Balaban J connectivity index is 2.28. The summed E-state index contributed by atoms with van der Waals surface area (Å²) in [5.74, 6) is 0. The maximum atomic E-state index is 12.3. The summed E-state index contributed by atoms with van der Waals surface area (Å²) in [7, 11) is -4.26. The fourth-order valence-electron chi connectivity index (χ4n) is 2.01. The van der Waals surface area contributed by atoms with Crippen LogP contribution in [0.2, 0.25) is 0 Å². The van der Waals surface area contributed by atoms with Gasteiger partial charge in [-0.05, 0) is 17.2 Å². The van der Waals surface area contributed by atoms with Crippen LogP contribution in [0.3, 0.4) is 0 Å². The number of nitro benzene ring substituents is 2. The highest BCUT2D eigenvalue weighted by molar-refractivity contribution is 7.89. The molecular weight excluding hydrogens is 354 g/mol. The fraction of sp³-hybridized carbons (Fsp3) is 0.143. The van der Waals surface area contributed by atoms with Crippen LogP contribution in [0.5, 0.6) is 0 Å². The standard InChI is InChI=1S/C14H13N3O7S/c18-9-11-3-1-10(2-4-11)8-15-25(23,24)14-6-5-12(16(19)20)7-13(14)17(21)22/h1-7,15,18H,8-9H2. The van der Waals surface area contributed by atoms with Gasteiger partial charge in [0.15, 0.2) is 4.90 Å². The smallest absolute Gasteiger partial charge is 0.296 e. The average molecular weight is 367 g/mol. The summed E-state index contributed by atoms with van der Waals surface area (Å²) in [6, 6.07) is 8.72. The number of aliphatic hydroxyl groups excluding tert-OH is 1. The number of aliphatic hydroxyl groups is 1. The molecule has 0 aromatic heterocycles. The zero-order chi connectivity index (χ0) is 18.6. The number of nitrogens with zero attached hydrogens (tertiary/aromatic N) is 2. The van der Waals surface area contributed by atoms with Gasteiger partial charge in [-0.2, -0.15) is 0 Å². The number of nitro groups is 2. The van der Waals surface area contributed by atoms with Crippen molar-refractivity contribution in [3.05, 3.63) is 73.8 Å². The molecule has 0 heterocycles. The molecule has 0 saturated heterocycles. The summed E-state index contributed by atoms with van der Waals surface area (Å²) in [6.07, 6.45) is 0. The normalized spacial score (nSPS) is 11.2. The predicted molar refractivity (Wildman–Crippen MR) is 86.1 cm³/mol. The topological polar surface area (TPSA) is 153 Å². The average Bonchev–Trinajstić information content (AvgIpc) is 2.59. The lowest BCUT2D eigenvalue weighted by molar-refractivity contribution is -0.396. The highest BCUT2D eigenvalue weighted by atomic mass is 32.2. The monoisotopic (exact) mass is 367 g/mol. The molecule has 0 spiro atoms. The van der Waals surface area contributed by atoms with Crippen LogP contribution in [0.25, 0.3) is 0 Å². The lowest BCUT2D eigenvalue weighted by Gasteiger charge is -2.08. The van der Waals surface area contributed by atoms with Crippen LogP contribution in [0.1, 0.15) is 11.1 Å². The molecule has 0 radical (unpaired) electrons. The highest BCUT2D eigenvalue weighted by Crippen LogP contribution is 2.28. The Bertz CT molecular complexity index is 911. The van der Waals surface area contributed by atoms with E-state index in [9.17, 15) is 28.6 Å². The molecule has 0 bridgehead atoms. The first-order valence-electron chi connectivity index (χ1n) is 6.86. The van der Waals surface area contributed by atoms with E-state index in [0.717, 1.165) is 12.1 Å². The van der Waals surface area contributed by atoms with E-state index in [0.29, 0.717) is 17.2 Å². The van der Waals surface area contributed by atoms with Crippen LogP contribution in [-0.2, 0) is 23.2 Å². The lowest BCUT2D eigenvalue weighted by Crippen LogP contribution is -2.24. The number of non-ortho nitro benzene ring substituents is 1. The Hall–Kier alpha value is -2.89. The minimum Gasteiger partial charge on any atom is -0.392 e. The number of rotatable bonds is 7. The van der Waals surface area contributed by atoms with Crippen molar-refractivity contribution < 1.29 is 23.4 Å². The summed E-state index contributed by atoms with van der Waals surface area (Å²) in [6.45, 7) is -0.289. The van der Waals surface area contributed by atoms with Crippen molar-refractivity contribution >= 4 is 21.4 Å². The molecule has 2 aromatic carbocycles. The molecule has 132 valence electrons. The van der Waals surface area contributed by atoms with E-state index in [-0.39, 0.29) is 13.2 Å². The molecule has 0 aliphatic rings. The van der Waals surface area contributed by atoms with E-state index >= 15 is 0 Å². The van der Waals surface area contributed by atoms with Gasteiger partial charge in [0, 0.05) is 12.6 Å². The molecule has 2 rings (SSSR count). The lowest BCUT2D eigenvalue weighted by atomic mass is 10.1. The molecule has 0 unspecified atom stereocenters. The Morgan fingerprint density at radius 1 is 0.960 bits per heavy atom. The van der Waals surface area contributed by atoms with E-state index in [1.807, 2.05) is 0 Å². The van der Waals surface area contributed by atoms with Crippen molar-refractivity contribution in [1.82, 2.24) is 4.72 Å². The maximum absolute atomic E-state index is 12.3. The Morgan fingerprint density at radius 2 is 1.56 bits per heavy atom. The summed E-state index contributed by atoms with van der Waals surface area (Å²) in [5, 5.41) is 30.7. The van der Waals surface area contributed by atoms with E-state index in [4.69, 9.17) is 5.11 Å². The number of sulfonamides is 1. The molecule has 2 N–H and O–H groups in total. The molecule has 2 aromatic rings. The Kier molecular flexibility index (Phi) is 5.41. The van der Waals surface area contributed by atoms with Gasteiger partial charge < -0.3 is 5.11 Å². The van der Waals surface area contributed by atoms with Crippen molar-refractivity contribution in [2.75, 3.05) is 0 Å². The second-order valence-corrected chi connectivity index (χ2v) is 6.70. The first-order valence-corrected chi connectivity index (χ1v) is 8.34. The van der Waals surface area contributed by atoms with Gasteiger partial charge in [0.05, 0.1) is 22.5 Å². The predicted octanol–water partition coefficient (Wildman–Crippen LogP) is 1.47. The van der Waals surface area contributed by atoms with Gasteiger partial charge in [-0.3, -0.25) is 20.2 Å². The van der Waals surface area contributed by atoms with Crippen LogP contribution in [0, 0.1) is 20.2 Å². The molecule has 0 amide bonds. The van der Waals surface area contributed by atoms with Crippen molar-refractivity contribution in [3.8, 4) is 0 Å². The third-order valence-electron chi connectivity index (χ3n) is 3.31. The molecule has 25 heavy (non-hydrogen) atoms. The molecule has 10 nitrogen and oxygen atoms in total. The molecule has 0 atom stereocenters. The molecule has 0 aliphatic carbocycles. The number of hydrogen-bond donors (Lipinski definition) is 2. The van der Waals surface area contributed by atoms with Crippen LogP contribution in [-0.4, -0.2) is 23.4 Å². The SMILES string of the molecule is O=[N+]([O-])c1ccc(S(=O)(=O)NCc2ccc(CO)cc2)c([N+](=O)[O-])c1. The zero-order valence-electron chi connectivity index (χ0n) is 12.7. The summed E-state index contributed by atoms with van der Waals surface area (Å²) in [4.78, 5) is 19.3. The van der Waals surface area contributed by atoms with Gasteiger partial charge in [0.25, 0.3) is 11.4 Å². The second kappa shape index (κ2) is 7.34. The van der Waals surface area contributed by atoms with Gasteiger partial charge in [-0.15, -0.1) is 0 Å². The third-order valence-corrected chi connectivity index (χ3v) is 4.76. The Labute approximate surface area is 142 Å². The second-order valence-electron chi connectivity index (χ2n) is 4.97. The quantitative estimate of drug-likeness (QED) is 0.555. The molecular formula is C14H13N3O7S. The minimum absolute atomic E-state index is 0.137. The summed E-state index contributed by atoms with van der Waals surface area (Å²) in [5.41, 5.74) is -0.231. The van der Waals surface area contributed by atoms with E-state index < -0.39 is 36.1 Å². The Morgan fingerprint density at radius 3 is 2.08 bits per heavy atom. The third kappa shape index (κ3) is 4.35. The first-order chi connectivity index (χ1) is 11.7.